The number of nitrogens with one attached hydrogen (secondary N) is 1. The van der Waals surface area contributed by atoms with Crippen LogP contribution in [-0.4, -0.2) is 31.3 Å². The zero-order valence-electron chi connectivity index (χ0n) is 12.5. The fourth-order valence-electron chi connectivity index (χ4n) is 1.93. The number of methoxy groups -OCH3 is 1. The van der Waals surface area contributed by atoms with Crippen LogP contribution in [0, 0.1) is 6.92 Å². The van der Waals surface area contributed by atoms with Gasteiger partial charge in [-0.1, -0.05) is 0 Å². The van der Waals surface area contributed by atoms with Crippen molar-refractivity contribution in [3.05, 3.63) is 41.7 Å². The van der Waals surface area contributed by atoms with Crippen molar-refractivity contribution < 1.29 is 17.9 Å². The molecular weight excluding hydrogens is 306 g/mol. The molecule has 118 valence electrons. The Morgan fingerprint density at radius 2 is 1.95 bits per heavy atom. The van der Waals surface area contributed by atoms with Crippen molar-refractivity contribution in [2.45, 2.75) is 25.3 Å². The molecule has 0 aliphatic carbocycles. The molecule has 0 atom stereocenters. The molecule has 22 heavy (non-hydrogen) atoms. The lowest BCUT2D eigenvalue weighted by Gasteiger charge is -2.07. The number of aromatic nitrogens is 2. The Kier molecular flexibility index (Phi) is 4.51. The lowest BCUT2D eigenvalue weighted by atomic mass is 10.2. The Balaban J connectivity index is 2.25. The number of rotatable bonds is 5. The van der Waals surface area contributed by atoms with Crippen molar-refractivity contribution >= 4 is 21.7 Å². The molecule has 0 amide bonds. The summed E-state index contributed by atoms with van der Waals surface area (Å²) in [6.07, 6.45) is 1.49. The number of benzene rings is 1. The molecule has 0 bridgehead atoms. The van der Waals surface area contributed by atoms with Crippen LogP contribution in [0.15, 0.2) is 35.4 Å². The van der Waals surface area contributed by atoms with Crippen LogP contribution in [0.3, 0.4) is 0 Å². The van der Waals surface area contributed by atoms with Gasteiger partial charge in [-0.25, -0.2) is 13.2 Å². The van der Waals surface area contributed by atoms with Crippen LogP contribution in [-0.2, 0) is 21.3 Å². The van der Waals surface area contributed by atoms with E-state index in [1.54, 1.807) is 11.6 Å². The SMILES string of the molecule is CCn1cc(S(=O)(=O)Nc2ccc(C(=O)OC)cc2)c(C)n1. The fraction of sp³-hybridized carbons (Fsp3) is 0.286. The van der Waals surface area contributed by atoms with E-state index in [4.69, 9.17) is 0 Å². The molecule has 0 aliphatic heterocycles. The first-order valence-electron chi connectivity index (χ1n) is 6.62. The molecular formula is C14H17N3O4S. The number of hydrogen-bond donors (Lipinski definition) is 1. The number of carbonyl (C=O) groups is 1. The number of hydrogen-bond acceptors (Lipinski definition) is 5. The minimum Gasteiger partial charge on any atom is -0.465 e. The standard InChI is InChI=1S/C14H17N3O4S/c1-4-17-9-13(10(2)15-17)22(19,20)16-12-7-5-11(6-8-12)14(18)21-3/h5-9,16H,4H2,1-3H3. The summed E-state index contributed by atoms with van der Waals surface area (Å²) in [5, 5.41) is 4.12. The molecule has 1 heterocycles. The van der Waals surface area contributed by atoms with Gasteiger partial charge in [-0.3, -0.25) is 9.40 Å². The van der Waals surface area contributed by atoms with E-state index in [-0.39, 0.29) is 4.90 Å². The van der Waals surface area contributed by atoms with Gasteiger partial charge in [0.1, 0.15) is 4.90 Å². The molecule has 8 heteroatoms. The first-order valence-corrected chi connectivity index (χ1v) is 8.11. The summed E-state index contributed by atoms with van der Waals surface area (Å²) in [5.41, 5.74) is 1.14. The third-order valence-corrected chi connectivity index (χ3v) is 4.56. The van der Waals surface area contributed by atoms with E-state index in [1.165, 1.54) is 37.6 Å². The largest absolute Gasteiger partial charge is 0.465 e. The van der Waals surface area contributed by atoms with E-state index in [2.05, 4.69) is 14.6 Å². The van der Waals surface area contributed by atoms with Gasteiger partial charge in [0.2, 0.25) is 0 Å². The normalized spacial score (nSPS) is 11.2. The molecule has 1 N–H and O–H groups in total. The monoisotopic (exact) mass is 323 g/mol. The molecule has 0 saturated carbocycles. The first kappa shape index (κ1) is 16.0. The number of ether oxygens (including phenoxy) is 1. The Bertz CT molecular complexity index is 779. The van der Waals surface area contributed by atoms with Crippen molar-refractivity contribution in [2.24, 2.45) is 0 Å². The van der Waals surface area contributed by atoms with Crippen LogP contribution in [0.1, 0.15) is 23.0 Å². The summed E-state index contributed by atoms with van der Waals surface area (Å²) in [6.45, 7) is 4.10. The number of aryl methyl sites for hydroxylation is 2. The Morgan fingerprint density at radius 1 is 1.32 bits per heavy atom. The summed E-state index contributed by atoms with van der Waals surface area (Å²) in [7, 11) is -2.44. The van der Waals surface area contributed by atoms with E-state index in [0.29, 0.717) is 23.5 Å². The van der Waals surface area contributed by atoms with E-state index in [1.807, 2.05) is 6.92 Å². The Morgan fingerprint density at radius 3 is 2.45 bits per heavy atom. The molecule has 0 spiro atoms. The molecule has 2 rings (SSSR count). The van der Waals surface area contributed by atoms with Gasteiger partial charge in [0.25, 0.3) is 10.0 Å². The molecule has 0 radical (unpaired) electrons. The summed E-state index contributed by atoms with van der Waals surface area (Å²) in [5.74, 6) is -0.477. The van der Waals surface area contributed by atoms with Gasteiger partial charge in [-0.15, -0.1) is 0 Å². The van der Waals surface area contributed by atoms with Crippen LogP contribution in [0.4, 0.5) is 5.69 Å². The second-order valence-corrected chi connectivity index (χ2v) is 6.26. The van der Waals surface area contributed by atoms with E-state index in [0.717, 1.165) is 0 Å². The van der Waals surface area contributed by atoms with Crippen molar-refractivity contribution in [3.63, 3.8) is 0 Å². The highest BCUT2D eigenvalue weighted by Crippen LogP contribution is 2.19. The van der Waals surface area contributed by atoms with Crippen molar-refractivity contribution in [2.75, 3.05) is 11.8 Å². The number of carbonyl (C=O) groups excluding carboxylic acids is 1. The minimum atomic E-state index is -3.72. The predicted molar refractivity (Wildman–Crippen MR) is 81.2 cm³/mol. The quantitative estimate of drug-likeness (QED) is 0.847. The molecule has 2 aromatic rings. The zero-order chi connectivity index (χ0) is 16.3. The molecule has 1 aromatic carbocycles. The van der Waals surface area contributed by atoms with Crippen LogP contribution in [0.5, 0.6) is 0 Å². The highest BCUT2D eigenvalue weighted by molar-refractivity contribution is 7.92. The van der Waals surface area contributed by atoms with Gasteiger partial charge in [0.15, 0.2) is 0 Å². The lowest BCUT2D eigenvalue weighted by Crippen LogP contribution is -2.13. The average molecular weight is 323 g/mol. The summed E-state index contributed by atoms with van der Waals surface area (Å²) in [6, 6.07) is 5.99. The molecule has 1 aromatic heterocycles. The highest BCUT2D eigenvalue weighted by Gasteiger charge is 2.20. The summed E-state index contributed by atoms with van der Waals surface area (Å²) >= 11 is 0. The van der Waals surface area contributed by atoms with Gasteiger partial charge in [0, 0.05) is 18.4 Å². The van der Waals surface area contributed by atoms with Gasteiger partial charge in [-0.05, 0) is 38.1 Å². The predicted octanol–water partition coefficient (Wildman–Crippen LogP) is 1.80. The van der Waals surface area contributed by atoms with Crippen molar-refractivity contribution in [1.82, 2.24) is 9.78 Å². The van der Waals surface area contributed by atoms with Gasteiger partial charge in [0.05, 0.1) is 18.4 Å². The molecule has 7 nitrogen and oxygen atoms in total. The lowest BCUT2D eigenvalue weighted by molar-refractivity contribution is 0.0601. The Labute approximate surface area is 129 Å². The number of sulfonamides is 1. The topological polar surface area (TPSA) is 90.3 Å². The van der Waals surface area contributed by atoms with E-state index in [9.17, 15) is 13.2 Å². The first-order chi connectivity index (χ1) is 10.4. The van der Waals surface area contributed by atoms with Gasteiger partial charge in [-0.2, -0.15) is 5.10 Å². The zero-order valence-corrected chi connectivity index (χ0v) is 13.3. The molecule has 0 unspecified atom stereocenters. The third kappa shape index (κ3) is 3.28. The van der Waals surface area contributed by atoms with Crippen molar-refractivity contribution in [3.8, 4) is 0 Å². The third-order valence-electron chi connectivity index (χ3n) is 3.07. The number of esters is 1. The minimum absolute atomic E-state index is 0.131. The van der Waals surface area contributed by atoms with Gasteiger partial charge < -0.3 is 4.74 Å². The molecule has 0 aliphatic rings. The average Bonchev–Trinajstić information content (AvgIpc) is 2.89. The molecule has 0 saturated heterocycles. The maximum Gasteiger partial charge on any atom is 0.337 e. The second kappa shape index (κ2) is 6.18. The van der Waals surface area contributed by atoms with Crippen molar-refractivity contribution in [1.29, 1.82) is 0 Å². The smallest absolute Gasteiger partial charge is 0.337 e. The summed E-state index contributed by atoms with van der Waals surface area (Å²) < 4.78 is 33.4. The van der Waals surface area contributed by atoms with Crippen LogP contribution in [0.25, 0.3) is 0 Å². The maximum absolute atomic E-state index is 12.4. The number of anilines is 1. The maximum atomic E-state index is 12.4. The second-order valence-electron chi connectivity index (χ2n) is 4.61. The van der Waals surface area contributed by atoms with E-state index >= 15 is 0 Å². The number of nitrogens with zero attached hydrogens (tertiary/aromatic N) is 2. The van der Waals surface area contributed by atoms with Crippen LogP contribution >= 0.6 is 0 Å². The van der Waals surface area contributed by atoms with E-state index < -0.39 is 16.0 Å². The van der Waals surface area contributed by atoms with Gasteiger partial charge >= 0.3 is 5.97 Å². The summed E-state index contributed by atoms with van der Waals surface area (Å²) in [4.78, 5) is 11.5. The van der Waals surface area contributed by atoms with Crippen LogP contribution in [0.2, 0.25) is 0 Å². The molecule has 0 fully saturated rings. The fourth-order valence-corrected chi connectivity index (χ4v) is 3.17. The Hall–Kier alpha value is -2.35. The van der Waals surface area contributed by atoms with Crippen LogP contribution < -0.4 is 4.72 Å². The highest BCUT2D eigenvalue weighted by atomic mass is 32.2.